The Balaban J connectivity index is 1.91. The average Bonchev–Trinajstić information content (AvgIpc) is 2.67. The van der Waals surface area contributed by atoms with Gasteiger partial charge in [-0.3, -0.25) is 0 Å². The molecular weight excluding hydrogens is 407 g/mol. The summed E-state index contributed by atoms with van der Waals surface area (Å²) in [6.07, 6.45) is -1.75. The number of ether oxygens (including phenoxy) is 1. The van der Waals surface area contributed by atoms with E-state index in [-0.39, 0.29) is 24.3 Å². The van der Waals surface area contributed by atoms with Crippen molar-refractivity contribution < 1.29 is 26.3 Å². The van der Waals surface area contributed by atoms with E-state index in [1.54, 1.807) is 38.3 Å². The molecule has 1 aliphatic heterocycles. The molecule has 0 saturated carbocycles. The minimum Gasteiger partial charge on any atom is -0.373 e. The number of hydrogen-bond acceptors (Lipinski definition) is 6. The highest BCUT2D eigenvalue weighted by Gasteiger charge is 2.45. The fourth-order valence-electron chi connectivity index (χ4n) is 3.28. The average molecular weight is 429 g/mol. The molecule has 0 N–H and O–H groups in total. The van der Waals surface area contributed by atoms with Gasteiger partial charge in [0.05, 0.1) is 21.3 Å². The van der Waals surface area contributed by atoms with Crippen LogP contribution in [0.1, 0.15) is 37.0 Å². The molecule has 6 nitrogen and oxygen atoms in total. The van der Waals surface area contributed by atoms with E-state index in [1.165, 1.54) is 6.07 Å². The number of benzene rings is 1. The van der Waals surface area contributed by atoms with Gasteiger partial charge in [0, 0.05) is 38.7 Å². The lowest BCUT2D eigenvalue weighted by molar-refractivity contribution is -0.137. The molecule has 1 fully saturated rings. The van der Waals surface area contributed by atoms with Gasteiger partial charge >= 0.3 is 6.18 Å². The van der Waals surface area contributed by atoms with Gasteiger partial charge in [-0.05, 0) is 38.0 Å². The second kappa shape index (κ2) is 7.56. The van der Waals surface area contributed by atoms with Gasteiger partial charge in [-0.1, -0.05) is 6.07 Å². The third kappa shape index (κ3) is 4.23. The lowest BCUT2D eigenvalue weighted by atomic mass is 9.93. The molecule has 0 spiro atoms. The van der Waals surface area contributed by atoms with Crippen molar-refractivity contribution in [2.45, 2.75) is 41.7 Å². The van der Waals surface area contributed by atoms with E-state index in [0.717, 1.165) is 12.1 Å². The Bertz CT molecular complexity index is 978. The lowest BCUT2D eigenvalue weighted by Gasteiger charge is -2.37. The second-order valence-corrected chi connectivity index (χ2v) is 9.97. The number of nitrogens with zero attached hydrogens (tertiary/aromatic N) is 3. The van der Waals surface area contributed by atoms with Crippen LogP contribution in [0.15, 0.2) is 41.6 Å². The maximum atomic E-state index is 13.2. The van der Waals surface area contributed by atoms with Crippen LogP contribution >= 0.6 is 0 Å². The summed E-state index contributed by atoms with van der Waals surface area (Å²) in [5.41, 5.74) is -0.362. The Morgan fingerprint density at radius 2 is 1.86 bits per heavy atom. The Morgan fingerprint density at radius 3 is 2.45 bits per heavy atom. The van der Waals surface area contributed by atoms with Crippen LogP contribution in [0.3, 0.4) is 0 Å². The summed E-state index contributed by atoms with van der Waals surface area (Å²) in [5.74, 6) is 0.504. The molecule has 1 saturated heterocycles. The van der Waals surface area contributed by atoms with Crippen molar-refractivity contribution in [3.8, 4) is 0 Å². The van der Waals surface area contributed by atoms with Crippen molar-refractivity contribution in [1.82, 2.24) is 9.97 Å². The van der Waals surface area contributed by atoms with Crippen molar-refractivity contribution in [3.05, 3.63) is 47.8 Å². The van der Waals surface area contributed by atoms with Crippen LogP contribution in [0, 0.1) is 0 Å². The first-order valence-corrected chi connectivity index (χ1v) is 10.5. The number of sulfone groups is 1. The number of rotatable bonds is 4. The molecule has 29 heavy (non-hydrogen) atoms. The van der Waals surface area contributed by atoms with Crippen LogP contribution in [0.4, 0.5) is 19.1 Å². The summed E-state index contributed by atoms with van der Waals surface area (Å²) in [6.45, 7) is 1.71. The predicted molar refractivity (Wildman–Crippen MR) is 101 cm³/mol. The molecule has 2 unspecified atom stereocenters. The molecule has 0 amide bonds. The molecular formula is C19H22F3N3O3S. The fraction of sp³-hybridized carbons (Fsp3) is 0.474. The van der Waals surface area contributed by atoms with Gasteiger partial charge in [-0.15, -0.1) is 0 Å². The third-order valence-electron chi connectivity index (χ3n) is 5.12. The Labute approximate surface area is 167 Å². The molecule has 2 heterocycles. The monoisotopic (exact) mass is 429 g/mol. The van der Waals surface area contributed by atoms with Crippen molar-refractivity contribution in [2.75, 3.05) is 25.6 Å². The van der Waals surface area contributed by atoms with E-state index in [9.17, 15) is 21.6 Å². The van der Waals surface area contributed by atoms with Crippen LogP contribution in [0.5, 0.6) is 0 Å². The zero-order valence-electron chi connectivity index (χ0n) is 16.3. The number of hydrogen-bond donors (Lipinski definition) is 0. The summed E-state index contributed by atoms with van der Waals surface area (Å²) < 4.78 is 70.1. The number of alkyl halides is 3. The Hall–Kier alpha value is -2.20. The van der Waals surface area contributed by atoms with Crippen LogP contribution in [0.25, 0.3) is 0 Å². The first kappa shape index (κ1) is 21.5. The first-order valence-electron chi connectivity index (χ1n) is 8.97. The molecule has 158 valence electrons. The van der Waals surface area contributed by atoms with Gasteiger partial charge in [-0.25, -0.2) is 18.4 Å². The second-order valence-electron chi connectivity index (χ2n) is 7.50. The Morgan fingerprint density at radius 1 is 1.21 bits per heavy atom. The van der Waals surface area contributed by atoms with Gasteiger partial charge in [0.15, 0.2) is 9.84 Å². The van der Waals surface area contributed by atoms with Gasteiger partial charge in [0.25, 0.3) is 0 Å². The molecule has 2 atom stereocenters. The summed E-state index contributed by atoms with van der Waals surface area (Å²) >= 11 is 0. The highest BCUT2D eigenvalue weighted by molar-refractivity contribution is 7.92. The Kier molecular flexibility index (Phi) is 5.61. The predicted octanol–water partition coefficient (Wildman–Crippen LogP) is 3.65. The standard InChI is InChI=1S/C19H22F3N3O3S/c1-18(29(26,27)15-6-4-5-14(9-15)19(20,21)22)7-8-28-16(10-18)13-11-23-17(24-12-13)25(2)3/h4-6,9,11-12,16H,7-8,10H2,1-3H3. The van der Waals surface area contributed by atoms with E-state index in [4.69, 9.17) is 4.74 Å². The van der Waals surface area contributed by atoms with Gasteiger partial charge in [0.2, 0.25) is 5.95 Å². The molecule has 3 rings (SSSR count). The van der Waals surface area contributed by atoms with E-state index in [2.05, 4.69) is 9.97 Å². The van der Waals surface area contributed by atoms with Crippen molar-refractivity contribution in [3.63, 3.8) is 0 Å². The zero-order chi connectivity index (χ0) is 21.4. The third-order valence-corrected chi connectivity index (χ3v) is 7.66. The molecule has 2 aromatic rings. The minimum atomic E-state index is -4.61. The van der Waals surface area contributed by atoms with E-state index < -0.39 is 32.4 Å². The maximum Gasteiger partial charge on any atom is 0.416 e. The summed E-state index contributed by atoms with van der Waals surface area (Å²) in [6, 6.07) is 3.87. The normalized spacial score (nSPS) is 23.0. The SMILES string of the molecule is CN(C)c1ncc(C2CC(C)(S(=O)(=O)c3cccc(C(F)(F)F)c3)CCO2)cn1. The van der Waals surface area contributed by atoms with Crippen LogP contribution in [0.2, 0.25) is 0 Å². The van der Waals surface area contributed by atoms with Crippen molar-refractivity contribution >= 4 is 15.8 Å². The highest BCUT2D eigenvalue weighted by Crippen LogP contribution is 2.42. The van der Waals surface area contributed by atoms with Crippen LogP contribution < -0.4 is 4.90 Å². The number of aromatic nitrogens is 2. The molecule has 10 heteroatoms. The number of halogens is 3. The quantitative estimate of drug-likeness (QED) is 0.739. The summed E-state index contributed by atoms with van der Waals surface area (Å²) in [4.78, 5) is 9.83. The van der Waals surface area contributed by atoms with E-state index in [1.807, 2.05) is 0 Å². The van der Waals surface area contributed by atoms with Gasteiger partial charge in [0.1, 0.15) is 0 Å². The van der Waals surface area contributed by atoms with Crippen molar-refractivity contribution in [1.29, 1.82) is 0 Å². The topological polar surface area (TPSA) is 72.4 Å². The van der Waals surface area contributed by atoms with Crippen molar-refractivity contribution in [2.24, 2.45) is 0 Å². The lowest BCUT2D eigenvalue weighted by Crippen LogP contribution is -2.42. The minimum absolute atomic E-state index is 0.0935. The molecule has 1 aromatic heterocycles. The number of anilines is 1. The largest absolute Gasteiger partial charge is 0.416 e. The van der Waals surface area contributed by atoms with E-state index >= 15 is 0 Å². The molecule has 0 aliphatic carbocycles. The summed E-state index contributed by atoms with van der Waals surface area (Å²) in [7, 11) is -0.443. The van der Waals surface area contributed by atoms with Gasteiger partial charge < -0.3 is 9.64 Å². The zero-order valence-corrected chi connectivity index (χ0v) is 17.1. The van der Waals surface area contributed by atoms with E-state index in [0.29, 0.717) is 17.6 Å². The van der Waals surface area contributed by atoms with Gasteiger partial charge in [-0.2, -0.15) is 13.2 Å². The highest BCUT2D eigenvalue weighted by atomic mass is 32.2. The summed E-state index contributed by atoms with van der Waals surface area (Å²) in [5, 5.41) is 0. The smallest absolute Gasteiger partial charge is 0.373 e. The maximum absolute atomic E-state index is 13.2. The molecule has 0 radical (unpaired) electrons. The first-order chi connectivity index (χ1) is 13.4. The fourth-order valence-corrected chi connectivity index (χ4v) is 5.11. The van der Waals surface area contributed by atoms with Crippen LogP contribution in [-0.2, 0) is 20.8 Å². The molecule has 0 bridgehead atoms. The molecule has 1 aliphatic rings. The molecule has 1 aromatic carbocycles. The van der Waals surface area contributed by atoms with Crippen LogP contribution in [-0.4, -0.2) is 43.8 Å².